The van der Waals surface area contributed by atoms with Gasteiger partial charge in [0.2, 0.25) is 0 Å². The van der Waals surface area contributed by atoms with E-state index >= 15 is 0 Å². The average molecular weight is 328 g/mol. The Bertz CT molecular complexity index is 706. The van der Waals surface area contributed by atoms with Crippen LogP contribution in [0.2, 0.25) is 0 Å². The molecule has 2 aromatic rings. The normalized spacial score (nSPS) is 21.4. The predicted molar refractivity (Wildman–Crippen MR) is 96.6 cm³/mol. The first kappa shape index (κ1) is 16.0. The van der Waals surface area contributed by atoms with Gasteiger partial charge < -0.3 is 14.5 Å². The Kier molecular flexibility index (Phi) is 4.27. The molecule has 0 bridgehead atoms. The van der Waals surface area contributed by atoms with Crippen LogP contribution in [-0.2, 0) is 11.3 Å². The number of hydrogen-bond acceptors (Lipinski definition) is 3. The Hall–Kier alpha value is -1.52. The number of rotatable bonds is 3. The predicted octanol–water partition coefficient (Wildman–Crippen LogP) is 4.02. The maximum absolute atomic E-state index is 6.17. The van der Waals surface area contributed by atoms with E-state index in [0.29, 0.717) is 0 Å². The van der Waals surface area contributed by atoms with E-state index in [2.05, 4.69) is 28.9 Å². The monoisotopic (exact) mass is 328 g/mol. The van der Waals surface area contributed by atoms with Gasteiger partial charge in [0.1, 0.15) is 5.75 Å². The smallest absolute Gasteiger partial charge is 0.124 e. The third-order valence-electron chi connectivity index (χ3n) is 5.92. The average Bonchev–Trinajstić information content (AvgIpc) is 3.10. The Labute approximate surface area is 144 Å². The molecule has 0 aliphatic carbocycles. The van der Waals surface area contributed by atoms with Crippen molar-refractivity contribution >= 4 is 10.9 Å². The number of nitrogens with zero attached hydrogens (tertiary/aromatic N) is 1. The van der Waals surface area contributed by atoms with Crippen LogP contribution in [0.4, 0.5) is 0 Å². The van der Waals surface area contributed by atoms with Crippen molar-refractivity contribution in [3.8, 4) is 5.75 Å². The minimum absolute atomic E-state index is 0.176. The molecule has 2 saturated heterocycles. The van der Waals surface area contributed by atoms with Gasteiger partial charge in [-0.3, -0.25) is 4.90 Å². The molecule has 0 unspecified atom stereocenters. The number of H-pyrrole nitrogens is 1. The lowest BCUT2D eigenvalue weighted by Crippen LogP contribution is -2.47. The lowest BCUT2D eigenvalue weighted by atomic mass is 9.84. The second-order valence-electron chi connectivity index (χ2n) is 7.41. The highest BCUT2D eigenvalue weighted by atomic mass is 16.5. The van der Waals surface area contributed by atoms with Crippen LogP contribution in [0.5, 0.6) is 5.75 Å². The van der Waals surface area contributed by atoms with Gasteiger partial charge >= 0.3 is 0 Å². The zero-order chi connectivity index (χ0) is 16.6. The third-order valence-corrected chi connectivity index (χ3v) is 5.92. The number of methoxy groups -OCH3 is 1. The number of aromatic amines is 1. The Morgan fingerprint density at radius 3 is 2.79 bits per heavy atom. The number of fused-ring (bicyclic) bond motifs is 1. The first-order valence-electron chi connectivity index (χ1n) is 9.21. The maximum atomic E-state index is 6.17. The summed E-state index contributed by atoms with van der Waals surface area (Å²) in [6, 6.07) is 4.33. The van der Waals surface area contributed by atoms with E-state index in [0.717, 1.165) is 44.8 Å². The largest absolute Gasteiger partial charge is 0.496 e. The quantitative estimate of drug-likeness (QED) is 0.925. The number of aromatic nitrogens is 1. The summed E-state index contributed by atoms with van der Waals surface area (Å²) in [6.07, 6.45) is 8.17. The fourth-order valence-corrected chi connectivity index (χ4v) is 4.43. The van der Waals surface area contributed by atoms with Gasteiger partial charge in [-0.1, -0.05) is 0 Å². The summed E-state index contributed by atoms with van der Waals surface area (Å²) in [5.41, 5.74) is 3.95. The standard InChI is InChI=1S/C20H28N2O2/c1-15-13-18(23-2)17(16-5-9-21-19(15)16)14-22-10-7-20(8-11-22)6-3-4-12-24-20/h5,9,13,21H,3-4,6-8,10-12,14H2,1-2H3. The van der Waals surface area contributed by atoms with Crippen molar-refractivity contribution < 1.29 is 9.47 Å². The van der Waals surface area contributed by atoms with Gasteiger partial charge in [0, 0.05) is 48.9 Å². The molecule has 0 saturated carbocycles. The zero-order valence-electron chi connectivity index (χ0n) is 14.9. The number of ether oxygens (including phenoxy) is 2. The van der Waals surface area contributed by atoms with E-state index in [1.54, 1.807) is 7.11 Å². The fourth-order valence-electron chi connectivity index (χ4n) is 4.43. The first-order valence-corrected chi connectivity index (χ1v) is 9.21. The summed E-state index contributed by atoms with van der Waals surface area (Å²) in [6.45, 7) is 6.27. The van der Waals surface area contributed by atoms with Crippen LogP contribution in [0, 0.1) is 6.92 Å². The number of piperidine rings is 1. The molecule has 130 valence electrons. The summed E-state index contributed by atoms with van der Waals surface area (Å²) in [7, 11) is 1.78. The van der Waals surface area contributed by atoms with Crippen molar-refractivity contribution in [1.29, 1.82) is 0 Å². The van der Waals surface area contributed by atoms with Crippen LogP contribution in [-0.4, -0.2) is 42.3 Å². The third kappa shape index (κ3) is 2.82. The molecule has 24 heavy (non-hydrogen) atoms. The minimum Gasteiger partial charge on any atom is -0.496 e. The van der Waals surface area contributed by atoms with E-state index in [4.69, 9.17) is 9.47 Å². The van der Waals surface area contributed by atoms with Crippen LogP contribution >= 0.6 is 0 Å². The molecule has 2 aliphatic rings. The SMILES string of the molecule is COc1cc(C)c2[nH]ccc2c1CN1CCC2(CCCCO2)CC1. The molecule has 1 aromatic carbocycles. The molecule has 0 atom stereocenters. The van der Waals surface area contributed by atoms with Crippen LogP contribution in [0.3, 0.4) is 0 Å². The molecule has 2 fully saturated rings. The van der Waals surface area contributed by atoms with Crippen molar-refractivity contribution in [2.75, 3.05) is 26.8 Å². The van der Waals surface area contributed by atoms with Crippen molar-refractivity contribution in [1.82, 2.24) is 9.88 Å². The van der Waals surface area contributed by atoms with Crippen LogP contribution in [0.25, 0.3) is 10.9 Å². The highest BCUT2D eigenvalue weighted by molar-refractivity contribution is 5.88. The summed E-state index contributed by atoms with van der Waals surface area (Å²) in [5.74, 6) is 1.01. The summed E-state index contributed by atoms with van der Waals surface area (Å²) < 4.78 is 11.9. The topological polar surface area (TPSA) is 37.5 Å². The minimum atomic E-state index is 0.176. The highest BCUT2D eigenvalue weighted by Crippen LogP contribution is 2.37. The van der Waals surface area contributed by atoms with E-state index in [1.165, 1.54) is 41.3 Å². The second-order valence-corrected chi connectivity index (χ2v) is 7.41. The van der Waals surface area contributed by atoms with E-state index in [9.17, 15) is 0 Å². The number of hydrogen-bond donors (Lipinski definition) is 1. The van der Waals surface area contributed by atoms with Gasteiger partial charge in [-0.25, -0.2) is 0 Å². The molecule has 1 aromatic heterocycles. The van der Waals surface area contributed by atoms with Gasteiger partial charge in [0.25, 0.3) is 0 Å². The molecular formula is C20H28N2O2. The van der Waals surface area contributed by atoms with Crippen LogP contribution in [0.1, 0.15) is 43.2 Å². The Morgan fingerprint density at radius 2 is 2.08 bits per heavy atom. The van der Waals surface area contributed by atoms with Gasteiger partial charge in [-0.15, -0.1) is 0 Å². The number of benzene rings is 1. The summed E-state index contributed by atoms with van der Waals surface area (Å²) >= 11 is 0. The molecule has 1 N–H and O–H groups in total. The van der Waals surface area contributed by atoms with E-state index in [1.807, 2.05) is 6.20 Å². The van der Waals surface area contributed by atoms with E-state index < -0.39 is 0 Å². The lowest BCUT2D eigenvalue weighted by Gasteiger charge is -2.44. The Morgan fingerprint density at radius 1 is 1.25 bits per heavy atom. The fraction of sp³-hybridized carbons (Fsp3) is 0.600. The number of likely N-dealkylation sites (tertiary alicyclic amines) is 1. The summed E-state index contributed by atoms with van der Waals surface area (Å²) in [4.78, 5) is 5.93. The second kappa shape index (κ2) is 6.41. The maximum Gasteiger partial charge on any atom is 0.124 e. The highest BCUT2D eigenvalue weighted by Gasteiger charge is 2.36. The molecule has 0 radical (unpaired) electrons. The van der Waals surface area contributed by atoms with Crippen molar-refractivity contribution in [3.05, 3.63) is 29.5 Å². The summed E-state index contributed by atoms with van der Waals surface area (Å²) in [5, 5.41) is 1.29. The van der Waals surface area contributed by atoms with Crippen molar-refractivity contribution in [3.63, 3.8) is 0 Å². The van der Waals surface area contributed by atoms with Gasteiger partial charge in [-0.05, 0) is 56.7 Å². The van der Waals surface area contributed by atoms with Gasteiger partial charge in [0.05, 0.1) is 12.7 Å². The molecule has 4 nitrogen and oxygen atoms in total. The van der Waals surface area contributed by atoms with Crippen molar-refractivity contribution in [2.45, 2.75) is 51.2 Å². The zero-order valence-corrected chi connectivity index (χ0v) is 14.9. The lowest BCUT2D eigenvalue weighted by molar-refractivity contribution is -0.112. The molecule has 4 heteroatoms. The Balaban J connectivity index is 1.53. The van der Waals surface area contributed by atoms with E-state index in [-0.39, 0.29) is 5.60 Å². The van der Waals surface area contributed by atoms with Gasteiger partial charge in [-0.2, -0.15) is 0 Å². The molecule has 1 spiro atoms. The van der Waals surface area contributed by atoms with Gasteiger partial charge in [0.15, 0.2) is 0 Å². The molecule has 0 amide bonds. The first-order chi connectivity index (χ1) is 11.7. The van der Waals surface area contributed by atoms with Crippen LogP contribution in [0.15, 0.2) is 18.3 Å². The number of aryl methyl sites for hydroxylation is 1. The number of nitrogens with one attached hydrogen (secondary N) is 1. The molecule has 4 rings (SSSR count). The van der Waals surface area contributed by atoms with Crippen molar-refractivity contribution in [2.24, 2.45) is 0 Å². The van der Waals surface area contributed by atoms with Crippen LogP contribution < -0.4 is 4.74 Å². The molecular weight excluding hydrogens is 300 g/mol. The molecule has 2 aliphatic heterocycles. The molecule has 3 heterocycles.